The number of carbonyl (C=O) groups excluding carboxylic acids is 1. The summed E-state index contributed by atoms with van der Waals surface area (Å²) in [6.45, 7) is 3.76. The Labute approximate surface area is 117 Å². The maximum absolute atomic E-state index is 12.2. The van der Waals surface area contributed by atoms with Crippen molar-refractivity contribution < 1.29 is 4.79 Å². The van der Waals surface area contributed by atoms with Gasteiger partial charge in [-0.15, -0.1) is 0 Å². The SMILES string of the molecule is C[C@@H]1CNC[C@H]1C(=O)Nc1ccc(-n2cncn2)cc1. The number of hydrogen-bond donors (Lipinski definition) is 2. The summed E-state index contributed by atoms with van der Waals surface area (Å²) in [5, 5.41) is 10.3. The average Bonchev–Trinajstić information content (AvgIpc) is 3.10. The van der Waals surface area contributed by atoms with Crippen LogP contribution in [0.3, 0.4) is 0 Å². The smallest absolute Gasteiger partial charge is 0.229 e. The number of hydrogen-bond acceptors (Lipinski definition) is 4. The van der Waals surface area contributed by atoms with Crippen LogP contribution in [0, 0.1) is 11.8 Å². The van der Waals surface area contributed by atoms with E-state index in [-0.39, 0.29) is 11.8 Å². The van der Waals surface area contributed by atoms with Crippen LogP contribution in [-0.4, -0.2) is 33.8 Å². The standard InChI is InChI=1S/C14H17N5O/c1-10-6-15-7-13(10)14(20)18-11-2-4-12(5-3-11)19-9-16-8-17-19/h2-5,8-10,13,15H,6-7H2,1H3,(H,18,20)/t10-,13-/m1/s1. The van der Waals surface area contributed by atoms with E-state index in [4.69, 9.17) is 0 Å². The number of amides is 1. The summed E-state index contributed by atoms with van der Waals surface area (Å²) in [4.78, 5) is 16.1. The third-order valence-electron chi connectivity index (χ3n) is 3.67. The zero-order valence-electron chi connectivity index (χ0n) is 11.3. The Morgan fingerprint density at radius 2 is 2.15 bits per heavy atom. The van der Waals surface area contributed by atoms with Crippen LogP contribution in [0.1, 0.15) is 6.92 Å². The van der Waals surface area contributed by atoms with E-state index >= 15 is 0 Å². The Morgan fingerprint density at radius 3 is 2.75 bits per heavy atom. The van der Waals surface area contributed by atoms with Crippen molar-refractivity contribution in [3.8, 4) is 5.69 Å². The predicted octanol–water partition coefficient (Wildman–Crippen LogP) is 1.06. The Bertz CT molecular complexity index is 578. The molecule has 2 atom stereocenters. The highest BCUT2D eigenvalue weighted by atomic mass is 16.1. The summed E-state index contributed by atoms with van der Waals surface area (Å²) in [7, 11) is 0. The third-order valence-corrected chi connectivity index (χ3v) is 3.67. The van der Waals surface area contributed by atoms with Gasteiger partial charge in [0.2, 0.25) is 5.91 Å². The summed E-state index contributed by atoms with van der Waals surface area (Å²) < 4.78 is 1.68. The number of nitrogens with one attached hydrogen (secondary N) is 2. The molecule has 1 aliphatic heterocycles. The van der Waals surface area contributed by atoms with E-state index in [1.165, 1.54) is 6.33 Å². The van der Waals surface area contributed by atoms with Crippen LogP contribution in [0.25, 0.3) is 5.69 Å². The van der Waals surface area contributed by atoms with E-state index in [1.54, 1.807) is 11.0 Å². The average molecular weight is 271 g/mol. The summed E-state index contributed by atoms with van der Waals surface area (Å²) in [6.07, 6.45) is 3.13. The monoisotopic (exact) mass is 271 g/mol. The molecule has 20 heavy (non-hydrogen) atoms. The Kier molecular flexibility index (Phi) is 3.47. The highest BCUT2D eigenvalue weighted by molar-refractivity contribution is 5.93. The quantitative estimate of drug-likeness (QED) is 0.875. The number of aromatic nitrogens is 3. The molecule has 0 radical (unpaired) electrons. The molecular formula is C14H17N5O. The van der Waals surface area contributed by atoms with Gasteiger partial charge in [0.25, 0.3) is 0 Å². The molecule has 0 unspecified atom stereocenters. The fourth-order valence-electron chi connectivity index (χ4n) is 2.44. The van der Waals surface area contributed by atoms with Crippen LogP contribution in [0.2, 0.25) is 0 Å². The highest BCUT2D eigenvalue weighted by Crippen LogP contribution is 2.19. The summed E-state index contributed by atoms with van der Waals surface area (Å²) in [5.41, 5.74) is 1.72. The number of anilines is 1. The minimum absolute atomic E-state index is 0.0463. The van der Waals surface area contributed by atoms with E-state index in [2.05, 4.69) is 27.6 Å². The minimum Gasteiger partial charge on any atom is -0.326 e. The fraction of sp³-hybridized carbons (Fsp3) is 0.357. The molecule has 2 N–H and O–H groups in total. The van der Waals surface area contributed by atoms with Gasteiger partial charge in [0.15, 0.2) is 0 Å². The summed E-state index contributed by atoms with van der Waals surface area (Å²) in [5.74, 6) is 0.505. The molecule has 1 saturated heterocycles. The third kappa shape index (κ3) is 2.55. The van der Waals surface area contributed by atoms with E-state index in [1.807, 2.05) is 24.3 Å². The first-order chi connectivity index (χ1) is 9.74. The normalized spacial score (nSPS) is 21.9. The lowest BCUT2D eigenvalue weighted by Crippen LogP contribution is -2.27. The van der Waals surface area contributed by atoms with Crippen molar-refractivity contribution in [2.75, 3.05) is 18.4 Å². The molecule has 2 heterocycles. The molecule has 104 valence electrons. The molecule has 1 aliphatic rings. The first-order valence-corrected chi connectivity index (χ1v) is 6.70. The maximum atomic E-state index is 12.2. The second-order valence-electron chi connectivity index (χ2n) is 5.12. The Hall–Kier alpha value is -2.21. The van der Waals surface area contributed by atoms with E-state index in [0.29, 0.717) is 5.92 Å². The zero-order chi connectivity index (χ0) is 13.9. The summed E-state index contributed by atoms with van der Waals surface area (Å²) in [6, 6.07) is 7.56. The molecular weight excluding hydrogens is 254 g/mol. The highest BCUT2D eigenvalue weighted by Gasteiger charge is 2.29. The van der Waals surface area contributed by atoms with Gasteiger partial charge in [-0.25, -0.2) is 9.67 Å². The number of nitrogens with zero attached hydrogens (tertiary/aromatic N) is 3. The molecule has 0 saturated carbocycles. The molecule has 6 nitrogen and oxygen atoms in total. The topological polar surface area (TPSA) is 71.8 Å². The number of carbonyl (C=O) groups is 1. The molecule has 0 spiro atoms. The molecule has 1 amide bonds. The number of rotatable bonds is 3. The van der Waals surface area contributed by atoms with Crippen LogP contribution >= 0.6 is 0 Å². The lowest BCUT2D eigenvalue weighted by atomic mass is 9.97. The van der Waals surface area contributed by atoms with Crippen molar-refractivity contribution in [2.24, 2.45) is 11.8 Å². The molecule has 0 bridgehead atoms. The Morgan fingerprint density at radius 1 is 1.35 bits per heavy atom. The second kappa shape index (κ2) is 5.42. The fourth-order valence-corrected chi connectivity index (χ4v) is 2.44. The van der Waals surface area contributed by atoms with Crippen molar-refractivity contribution in [2.45, 2.75) is 6.92 Å². The predicted molar refractivity (Wildman–Crippen MR) is 75.5 cm³/mol. The van der Waals surface area contributed by atoms with Gasteiger partial charge >= 0.3 is 0 Å². The molecule has 1 aromatic carbocycles. The molecule has 0 aliphatic carbocycles. The van der Waals surface area contributed by atoms with Gasteiger partial charge < -0.3 is 10.6 Å². The van der Waals surface area contributed by atoms with Crippen LogP contribution in [0.15, 0.2) is 36.9 Å². The van der Waals surface area contributed by atoms with Crippen LogP contribution in [-0.2, 0) is 4.79 Å². The number of benzene rings is 1. The van der Waals surface area contributed by atoms with Crippen molar-refractivity contribution in [1.82, 2.24) is 20.1 Å². The Balaban J connectivity index is 1.68. The first kappa shape index (κ1) is 12.8. The van der Waals surface area contributed by atoms with Crippen molar-refractivity contribution >= 4 is 11.6 Å². The van der Waals surface area contributed by atoms with Gasteiger partial charge in [-0.05, 0) is 36.7 Å². The molecule has 3 rings (SSSR count). The zero-order valence-corrected chi connectivity index (χ0v) is 11.3. The molecule has 1 fully saturated rings. The lowest BCUT2D eigenvalue weighted by molar-refractivity contribution is -0.120. The first-order valence-electron chi connectivity index (χ1n) is 6.70. The van der Waals surface area contributed by atoms with Gasteiger partial charge in [0, 0.05) is 12.2 Å². The van der Waals surface area contributed by atoms with Crippen molar-refractivity contribution in [3.63, 3.8) is 0 Å². The lowest BCUT2D eigenvalue weighted by Gasteiger charge is -2.14. The van der Waals surface area contributed by atoms with Gasteiger partial charge in [0.05, 0.1) is 11.6 Å². The van der Waals surface area contributed by atoms with Gasteiger partial charge in [-0.3, -0.25) is 4.79 Å². The molecule has 2 aromatic rings. The van der Waals surface area contributed by atoms with E-state index in [0.717, 1.165) is 24.5 Å². The maximum Gasteiger partial charge on any atom is 0.229 e. The van der Waals surface area contributed by atoms with Crippen LogP contribution < -0.4 is 10.6 Å². The minimum atomic E-state index is 0.0463. The van der Waals surface area contributed by atoms with E-state index in [9.17, 15) is 4.79 Å². The largest absolute Gasteiger partial charge is 0.326 e. The van der Waals surface area contributed by atoms with Crippen molar-refractivity contribution in [3.05, 3.63) is 36.9 Å². The second-order valence-corrected chi connectivity index (χ2v) is 5.12. The van der Waals surface area contributed by atoms with Crippen LogP contribution in [0.5, 0.6) is 0 Å². The van der Waals surface area contributed by atoms with Gasteiger partial charge in [-0.1, -0.05) is 6.92 Å². The van der Waals surface area contributed by atoms with Gasteiger partial charge in [-0.2, -0.15) is 5.10 Å². The molecule has 1 aromatic heterocycles. The summed E-state index contributed by atoms with van der Waals surface area (Å²) >= 11 is 0. The van der Waals surface area contributed by atoms with E-state index < -0.39 is 0 Å². The molecule has 6 heteroatoms. The van der Waals surface area contributed by atoms with Gasteiger partial charge in [0.1, 0.15) is 12.7 Å². The van der Waals surface area contributed by atoms with Crippen LogP contribution in [0.4, 0.5) is 5.69 Å². The van der Waals surface area contributed by atoms with Crippen molar-refractivity contribution in [1.29, 1.82) is 0 Å².